The van der Waals surface area contributed by atoms with Crippen molar-refractivity contribution in [1.29, 1.82) is 0 Å². The molecule has 0 atom stereocenters. The first kappa shape index (κ1) is 33.9. The molecule has 0 spiro atoms. The summed E-state index contributed by atoms with van der Waals surface area (Å²) in [6.07, 6.45) is 1.71. The monoisotopic (exact) mass is 744 g/mol. The lowest BCUT2D eigenvalue weighted by atomic mass is 9.63. The lowest BCUT2D eigenvalue weighted by molar-refractivity contribution is 0.496. The van der Waals surface area contributed by atoms with Gasteiger partial charge in [0.25, 0.3) is 0 Å². The maximum Gasteiger partial charge on any atom is 0.0318 e. The van der Waals surface area contributed by atoms with Gasteiger partial charge in [0.2, 0.25) is 0 Å². The van der Waals surface area contributed by atoms with Gasteiger partial charge in [0, 0.05) is 15.2 Å². The van der Waals surface area contributed by atoms with E-state index >= 15 is 0 Å². The van der Waals surface area contributed by atoms with Crippen molar-refractivity contribution in [2.45, 2.75) is 35.0 Å². The van der Waals surface area contributed by atoms with Crippen molar-refractivity contribution in [2.24, 2.45) is 0 Å². The molecule has 1 heterocycles. The van der Waals surface area contributed by atoms with Crippen LogP contribution in [0.4, 0.5) is 0 Å². The standard InChI is InChI=1S/C56H40S/c1-37-23-29-41(30-24-37)43-33-27-39(28-34-43)36-56(35-38-25-31-42(32-26-38)40-13-3-2-4-14-40)52-48-19-9-5-15-44(48)46-17-7-11-21-50(46)54(52)57-55-51-22-12-8-18-47(51)45-16-6-10-20-49(45)53(55)56/h2-34H,35-36H2,1H3. The van der Waals surface area contributed by atoms with Crippen LogP contribution >= 0.6 is 11.8 Å². The van der Waals surface area contributed by atoms with Crippen LogP contribution in [0.3, 0.4) is 0 Å². The summed E-state index contributed by atoms with van der Waals surface area (Å²) < 4.78 is 0. The van der Waals surface area contributed by atoms with Gasteiger partial charge in [-0.2, -0.15) is 0 Å². The summed E-state index contributed by atoms with van der Waals surface area (Å²) in [4.78, 5) is 2.77. The fraction of sp³-hybridized carbons (Fsp3) is 0.0714. The van der Waals surface area contributed by atoms with E-state index < -0.39 is 5.41 Å². The zero-order chi connectivity index (χ0) is 37.9. The summed E-state index contributed by atoms with van der Waals surface area (Å²) in [5, 5.41) is 10.6. The average Bonchev–Trinajstić information content (AvgIpc) is 3.27. The highest BCUT2D eigenvalue weighted by Crippen LogP contribution is 2.60. The van der Waals surface area contributed by atoms with Gasteiger partial charge in [0.15, 0.2) is 0 Å². The molecule has 270 valence electrons. The molecule has 1 aliphatic rings. The molecule has 0 saturated heterocycles. The van der Waals surface area contributed by atoms with Crippen molar-refractivity contribution in [1.82, 2.24) is 0 Å². The number of hydrogen-bond donors (Lipinski definition) is 0. The van der Waals surface area contributed by atoms with Crippen molar-refractivity contribution in [3.63, 3.8) is 0 Å². The second kappa shape index (κ2) is 13.7. The molecule has 0 saturated carbocycles. The molecule has 57 heavy (non-hydrogen) atoms. The second-order valence-corrected chi connectivity index (χ2v) is 16.8. The van der Waals surface area contributed by atoms with Gasteiger partial charge in [0.1, 0.15) is 0 Å². The Labute approximate surface area is 338 Å². The molecule has 0 radical (unpaired) electrons. The Morgan fingerprint density at radius 1 is 0.316 bits per heavy atom. The van der Waals surface area contributed by atoms with Gasteiger partial charge < -0.3 is 0 Å². The second-order valence-electron chi connectivity index (χ2n) is 15.8. The van der Waals surface area contributed by atoms with Gasteiger partial charge in [-0.25, -0.2) is 0 Å². The lowest BCUT2D eigenvalue weighted by Crippen LogP contribution is -2.37. The maximum absolute atomic E-state index is 2.39. The van der Waals surface area contributed by atoms with Crippen LogP contribution in [0.1, 0.15) is 27.8 Å². The Morgan fingerprint density at radius 2 is 0.632 bits per heavy atom. The van der Waals surface area contributed by atoms with Crippen LogP contribution in [0.5, 0.6) is 0 Å². The Kier molecular flexibility index (Phi) is 8.12. The number of rotatable bonds is 6. The summed E-state index contributed by atoms with van der Waals surface area (Å²) >= 11 is 2.00. The van der Waals surface area contributed by atoms with Crippen LogP contribution in [0.2, 0.25) is 0 Å². The first-order chi connectivity index (χ1) is 28.1. The van der Waals surface area contributed by atoms with E-state index in [9.17, 15) is 0 Å². The molecule has 0 bridgehead atoms. The smallest absolute Gasteiger partial charge is 0.0318 e. The average molecular weight is 745 g/mol. The number of fused-ring (bicyclic) bond motifs is 12. The molecule has 0 amide bonds. The normalized spacial score (nSPS) is 13.2. The minimum Gasteiger partial charge on any atom is -0.0881 e. The van der Waals surface area contributed by atoms with E-state index in [0.717, 1.165) is 12.8 Å². The Balaban J connectivity index is 1.24. The predicted octanol–water partition coefficient (Wildman–Crippen LogP) is 15.2. The SMILES string of the molecule is Cc1ccc(-c2ccc(CC3(Cc4ccc(-c5ccccc5)cc4)c4c(c5ccccc5c5ccccc45)Sc4c3c3ccccc3c3ccccc43)cc2)cc1. The van der Waals surface area contributed by atoms with E-state index in [-0.39, 0.29) is 0 Å². The first-order valence-corrected chi connectivity index (χ1v) is 20.8. The van der Waals surface area contributed by atoms with Crippen LogP contribution in [-0.4, -0.2) is 0 Å². The Morgan fingerprint density at radius 3 is 1.05 bits per heavy atom. The van der Waals surface area contributed by atoms with E-state index in [4.69, 9.17) is 0 Å². The summed E-state index contributed by atoms with van der Waals surface area (Å²) in [6.45, 7) is 2.15. The Bertz CT molecular complexity index is 3000. The summed E-state index contributed by atoms with van der Waals surface area (Å²) in [5.74, 6) is 0. The molecule has 1 heteroatoms. The molecule has 0 unspecified atom stereocenters. The molecular weight excluding hydrogens is 705 g/mol. The van der Waals surface area contributed by atoms with Crippen molar-refractivity contribution in [3.05, 3.63) is 228 Å². The third-order valence-corrected chi connectivity index (χ3v) is 13.6. The van der Waals surface area contributed by atoms with Gasteiger partial charge >= 0.3 is 0 Å². The van der Waals surface area contributed by atoms with Gasteiger partial charge in [0.05, 0.1) is 0 Å². The number of hydrogen-bond acceptors (Lipinski definition) is 1. The molecule has 0 aliphatic carbocycles. The summed E-state index contributed by atoms with van der Waals surface area (Å²) in [6, 6.07) is 75.1. The third-order valence-electron chi connectivity index (χ3n) is 12.3. The fourth-order valence-corrected chi connectivity index (χ4v) is 11.3. The lowest BCUT2D eigenvalue weighted by Gasteiger charge is -2.44. The first-order valence-electron chi connectivity index (χ1n) is 20.0. The Hall–Kier alpha value is -6.41. The molecule has 0 fully saturated rings. The van der Waals surface area contributed by atoms with Crippen molar-refractivity contribution in [2.75, 3.05) is 0 Å². The van der Waals surface area contributed by atoms with Gasteiger partial charge in [-0.1, -0.05) is 218 Å². The van der Waals surface area contributed by atoms with E-state index in [1.165, 1.54) is 103 Å². The third kappa shape index (κ3) is 5.60. The number of aryl methyl sites for hydroxylation is 1. The highest BCUT2D eigenvalue weighted by Gasteiger charge is 2.45. The van der Waals surface area contributed by atoms with Gasteiger partial charge in [-0.15, -0.1) is 0 Å². The maximum atomic E-state index is 2.39. The molecule has 1 aliphatic heterocycles. The molecule has 0 aromatic heterocycles. The molecule has 0 nitrogen and oxygen atoms in total. The van der Waals surface area contributed by atoms with Gasteiger partial charge in [-0.3, -0.25) is 0 Å². The molecule has 0 N–H and O–H groups in total. The van der Waals surface area contributed by atoms with Crippen molar-refractivity contribution in [3.8, 4) is 22.3 Å². The number of benzene rings is 10. The zero-order valence-corrected chi connectivity index (χ0v) is 32.7. The molecular formula is C56H40S. The van der Waals surface area contributed by atoms with Crippen LogP contribution in [0.15, 0.2) is 210 Å². The molecule has 10 aromatic carbocycles. The van der Waals surface area contributed by atoms with E-state index in [0.29, 0.717) is 0 Å². The van der Waals surface area contributed by atoms with Crippen molar-refractivity contribution >= 4 is 54.9 Å². The minimum absolute atomic E-state index is 0.414. The minimum atomic E-state index is -0.414. The van der Waals surface area contributed by atoms with Crippen molar-refractivity contribution < 1.29 is 0 Å². The van der Waals surface area contributed by atoms with E-state index in [2.05, 4.69) is 207 Å². The zero-order valence-electron chi connectivity index (χ0n) is 31.9. The van der Waals surface area contributed by atoms with Gasteiger partial charge in [-0.05, 0) is 107 Å². The van der Waals surface area contributed by atoms with Crippen LogP contribution in [-0.2, 0) is 18.3 Å². The molecule has 10 aromatic rings. The topological polar surface area (TPSA) is 0 Å². The van der Waals surface area contributed by atoms with E-state index in [1.54, 1.807) is 0 Å². The molecule has 11 rings (SSSR count). The quantitative estimate of drug-likeness (QED) is 0.153. The highest BCUT2D eigenvalue weighted by atomic mass is 32.2. The van der Waals surface area contributed by atoms with E-state index in [1.807, 2.05) is 11.8 Å². The van der Waals surface area contributed by atoms with Crippen LogP contribution < -0.4 is 0 Å². The van der Waals surface area contributed by atoms with Crippen LogP contribution in [0.25, 0.3) is 65.3 Å². The highest BCUT2D eigenvalue weighted by molar-refractivity contribution is 8.00. The largest absolute Gasteiger partial charge is 0.0881 e. The van der Waals surface area contributed by atoms with Crippen LogP contribution in [0, 0.1) is 6.92 Å². The summed E-state index contributed by atoms with van der Waals surface area (Å²) in [5.41, 5.74) is 11.4. The fourth-order valence-electron chi connectivity index (χ4n) is 9.73. The summed E-state index contributed by atoms with van der Waals surface area (Å²) in [7, 11) is 0. The predicted molar refractivity (Wildman–Crippen MR) is 244 cm³/mol.